The average Bonchev–Trinajstić information content (AvgIpc) is 2.58. The molecule has 3 nitrogen and oxygen atoms in total. The molecule has 1 atom stereocenters. The van der Waals surface area contributed by atoms with E-state index in [0.717, 1.165) is 5.56 Å². The fourth-order valence-electron chi connectivity index (χ4n) is 1.45. The fourth-order valence-corrected chi connectivity index (χ4v) is 1.45. The van der Waals surface area contributed by atoms with Gasteiger partial charge in [-0.1, -0.05) is 71.4 Å². The SMILES string of the molecule is CC.CC.CC.Cc1ccc(CNC(C)C(=O)OC(C)(C)C)cc1. The lowest BCUT2D eigenvalue weighted by Crippen LogP contribution is -2.38. The number of hydrogen-bond acceptors (Lipinski definition) is 3. The fraction of sp³-hybridized carbons (Fsp3) is 0.667. The van der Waals surface area contributed by atoms with Crippen LogP contribution in [0.1, 0.15) is 80.4 Å². The molecule has 0 aromatic heterocycles. The Kier molecular flexibility index (Phi) is 18.9. The Morgan fingerprint density at radius 3 is 1.79 bits per heavy atom. The number of rotatable bonds is 4. The third-order valence-electron chi connectivity index (χ3n) is 2.49. The largest absolute Gasteiger partial charge is 0.459 e. The summed E-state index contributed by atoms with van der Waals surface area (Å²) in [7, 11) is 0. The van der Waals surface area contributed by atoms with Crippen LogP contribution in [0.3, 0.4) is 0 Å². The topological polar surface area (TPSA) is 38.3 Å². The molecular weight excluding hydrogens is 298 g/mol. The van der Waals surface area contributed by atoms with Gasteiger partial charge in [-0.2, -0.15) is 0 Å². The number of esters is 1. The Morgan fingerprint density at radius 2 is 1.42 bits per heavy atom. The average molecular weight is 340 g/mol. The Bertz CT molecular complexity index is 391. The van der Waals surface area contributed by atoms with Gasteiger partial charge in [-0.05, 0) is 40.2 Å². The molecule has 142 valence electrons. The summed E-state index contributed by atoms with van der Waals surface area (Å²) in [6.45, 7) is 22.2. The van der Waals surface area contributed by atoms with Crippen molar-refractivity contribution in [3.63, 3.8) is 0 Å². The van der Waals surface area contributed by atoms with Gasteiger partial charge in [0, 0.05) is 6.54 Å². The maximum absolute atomic E-state index is 11.7. The lowest BCUT2D eigenvalue weighted by atomic mass is 10.1. The quantitative estimate of drug-likeness (QED) is 0.695. The van der Waals surface area contributed by atoms with Crippen molar-refractivity contribution in [2.75, 3.05) is 0 Å². The van der Waals surface area contributed by atoms with Gasteiger partial charge in [0.05, 0.1) is 0 Å². The van der Waals surface area contributed by atoms with Crippen LogP contribution in [0.2, 0.25) is 0 Å². The van der Waals surface area contributed by atoms with Gasteiger partial charge in [0.1, 0.15) is 11.6 Å². The summed E-state index contributed by atoms with van der Waals surface area (Å²) in [5.74, 6) is -0.213. The van der Waals surface area contributed by atoms with Crippen molar-refractivity contribution in [3.05, 3.63) is 35.4 Å². The molecule has 3 heteroatoms. The molecule has 0 fully saturated rings. The van der Waals surface area contributed by atoms with Gasteiger partial charge in [-0.15, -0.1) is 0 Å². The van der Waals surface area contributed by atoms with Crippen molar-refractivity contribution in [2.24, 2.45) is 0 Å². The van der Waals surface area contributed by atoms with E-state index >= 15 is 0 Å². The van der Waals surface area contributed by atoms with E-state index < -0.39 is 5.60 Å². The number of ether oxygens (including phenoxy) is 1. The lowest BCUT2D eigenvalue weighted by Gasteiger charge is -2.22. The number of hydrogen-bond donors (Lipinski definition) is 1. The summed E-state index contributed by atoms with van der Waals surface area (Å²) in [4.78, 5) is 11.7. The highest BCUT2D eigenvalue weighted by Gasteiger charge is 2.21. The Labute approximate surface area is 151 Å². The standard InChI is InChI=1S/C15H23NO2.3C2H6/c1-11-6-8-13(9-7-11)10-16-12(2)14(17)18-15(3,4)5;3*1-2/h6-9,12,16H,10H2,1-5H3;3*1-2H3. The Morgan fingerprint density at radius 1 is 1.00 bits per heavy atom. The van der Waals surface area contributed by atoms with Crippen molar-refractivity contribution in [2.45, 2.75) is 94.3 Å². The van der Waals surface area contributed by atoms with E-state index in [-0.39, 0.29) is 12.0 Å². The molecule has 1 aromatic rings. The van der Waals surface area contributed by atoms with Crippen molar-refractivity contribution >= 4 is 5.97 Å². The van der Waals surface area contributed by atoms with Crippen LogP contribution in [0.15, 0.2) is 24.3 Å². The molecule has 1 unspecified atom stereocenters. The number of nitrogens with one attached hydrogen (secondary N) is 1. The molecule has 0 radical (unpaired) electrons. The first-order valence-corrected chi connectivity index (χ1v) is 9.30. The summed E-state index contributed by atoms with van der Waals surface area (Å²) in [5.41, 5.74) is 1.96. The second-order valence-corrected chi connectivity index (χ2v) is 5.62. The smallest absolute Gasteiger partial charge is 0.323 e. The van der Waals surface area contributed by atoms with Crippen LogP contribution >= 0.6 is 0 Å². The van der Waals surface area contributed by atoms with Crippen LogP contribution in [0.4, 0.5) is 0 Å². The summed E-state index contributed by atoms with van der Waals surface area (Å²) >= 11 is 0. The van der Waals surface area contributed by atoms with E-state index in [9.17, 15) is 4.79 Å². The highest BCUT2D eigenvalue weighted by Crippen LogP contribution is 2.09. The van der Waals surface area contributed by atoms with E-state index in [1.165, 1.54) is 5.56 Å². The maximum atomic E-state index is 11.7. The van der Waals surface area contributed by atoms with Gasteiger partial charge >= 0.3 is 5.97 Å². The molecule has 0 aliphatic heterocycles. The van der Waals surface area contributed by atoms with Crippen LogP contribution in [0.5, 0.6) is 0 Å². The summed E-state index contributed by atoms with van der Waals surface area (Å²) in [6.07, 6.45) is 0. The molecule has 0 amide bonds. The molecule has 1 rings (SSSR count). The molecule has 0 saturated carbocycles. The number of benzene rings is 1. The number of carbonyl (C=O) groups excluding carboxylic acids is 1. The predicted molar refractivity (Wildman–Crippen MR) is 107 cm³/mol. The van der Waals surface area contributed by atoms with Crippen LogP contribution in [-0.4, -0.2) is 17.6 Å². The highest BCUT2D eigenvalue weighted by molar-refractivity contribution is 5.75. The van der Waals surface area contributed by atoms with Crippen LogP contribution in [0.25, 0.3) is 0 Å². The summed E-state index contributed by atoms with van der Waals surface area (Å²) < 4.78 is 5.31. The van der Waals surface area contributed by atoms with E-state index in [1.54, 1.807) is 0 Å². The molecule has 0 heterocycles. The molecule has 0 aliphatic carbocycles. The van der Waals surface area contributed by atoms with Gasteiger partial charge < -0.3 is 10.1 Å². The van der Waals surface area contributed by atoms with Gasteiger partial charge in [0.25, 0.3) is 0 Å². The minimum Gasteiger partial charge on any atom is -0.459 e. The highest BCUT2D eigenvalue weighted by atomic mass is 16.6. The molecule has 1 aromatic carbocycles. The van der Waals surface area contributed by atoms with Crippen molar-refractivity contribution in [1.29, 1.82) is 0 Å². The predicted octanol–water partition coefficient (Wildman–Crippen LogP) is 5.89. The zero-order valence-corrected chi connectivity index (χ0v) is 17.9. The lowest BCUT2D eigenvalue weighted by molar-refractivity contribution is -0.157. The van der Waals surface area contributed by atoms with Crippen molar-refractivity contribution in [1.82, 2.24) is 5.32 Å². The summed E-state index contributed by atoms with van der Waals surface area (Å²) in [5, 5.41) is 3.17. The van der Waals surface area contributed by atoms with Gasteiger partial charge in [0.15, 0.2) is 0 Å². The zero-order valence-electron chi connectivity index (χ0n) is 17.9. The van der Waals surface area contributed by atoms with Gasteiger partial charge in [-0.3, -0.25) is 4.79 Å². The second-order valence-electron chi connectivity index (χ2n) is 5.62. The van der Waals surface area contributed by atoms with Crippen LogP contribution < -0.4 is 5.32 Å². The third-order valence-corrected chi connectivity index (χ3v) is 2.49. The molecule has 0 spiro atoms. The monoisotopic (exact) mass is 339 g/mol. The molecule has 0 aliphatic rings. The van der Waals surface area contributed by atoms with E-state index in [4.69, 9.17) is 4.74 Å². The van der Waals surface area contributed by atoms with Crippen molar-refractivity contribution in [3.8, 4) is 0 Å². The van der Waals surface area contributed by atoms with E-state index in [1.807, 2.05) is 69.2 Å². The maximum Gasteiger partial charge on any atom is 0.323 e. The third kappa shape index (κ3) is 15.5. The first-order chi connectivity index (χ1) is 11.3. The first-order valence-electron chi connectivity index (χ1n) is 9.30. The molecule has 0 bridgehead atoms. The Hall–Kier alpha value is -1.35. The molecule has 24 heavy (non-hydrogen) atoms. The van der Waals surface area contributed by atoms with Crippen molar-refractivity contribution < 1.29 is 9.53 Å². The molecular formula is C21H41NO2. The minimum absolute atomic E-state index is 0.213. The second kappa shape index (κ2) is 16.5. The van der Waals surface area contributed by atoms with Gasteiger partial charge in [-0.25, -0.2) is 0 Å². The normalized spacial score (nSPS) is 10.6. The minimum atomic E-state index is -0.434. The first kappa shape index (κ1) is 27.5. The zero-order chi connectivity index (χ0) is 19.8. The van der Waals surface area contributed by atoms with E-state index in [2.05, 4.69) is 36.5 Å². The van der Waals surface area contributed by atoms with Crippen LogP contribution in [-0.2, 0) is 16.1 Å². The number of carbonyl (C=O) groups is 1. The van der Waals surface area contributed by atoms with Gasteiger partial charge in [0.2, 0.25) is 0 Å². The van der Waals surface area contributed by atoms with E-state index in [0.29, 0.717) is 6.54 Å². The summed E-state index contributed by atoms with van der Waals surface area (Å²) in [6, 6.07) is 7.95. The Balaban J connectivity index is -0.000000659. The number of aryl methyl sites for hydroxylation is 1. The molecule has 0 saturated heterocycles. The molecule has 1 N–H and O–H groups in total. The van der Waals surface area contributed by atoms with Crippen LogP contribution in [0, 0.1) is 6.92 Å².